The average molecular weight is 273 g/mol. The highest BCUT2D eigenvalue weighted by molar-refractivity contribution is 5.50. The SMILES string of the molecule is CCNC(c1ccc(F)c(C)c1)c1c(C)ccnc1N. The van der Waals surface area contributed by atoms with Crippen molar-refractivity contribution in [1.29, 1.82) is 0 Å². The molecule has 0 aliphatic carbocycles. The van der Waals surface area contributed by atoms with Crippen molar-refractivity contribution in [1.82, 2.24) is 10.3 Å². The Morgan fingerprint density at radius 2 is 2.00 bits per heavy atom. The zero-order valence-corrected chi connectivity index (χ0v) is 12.1. The fraction of sp³-hybridized carbons (Fsp3) is 0.312. The second-order valence-electron chi connectivity index (χ2n) is 4.93. The second kappa shape index (κ2) is 6.01. The molecule has 0 saturated carbocycles. The van der Waals surface area contributed by atoms with Gasteiger partial charge in [0.2, 0.25) is 0 Å². The van der Waals surface area contributed by atoms with Gasteiger partial charge in [0.1, 0.15) is 11.6 Å². The van der Waals surface area contributed by atoms with Crippen molar-refractivity contribution in [2.45, 2.75) is 26.8 Å². The minimum atomic E-state index is -0.195. The zero-order chi connectivity index (χ0) is 14.7. The van der Waals surface area contributed by atoms with E-state index in [4.69, 9.17) is 5.73 Å². The van der Waals surface area contributed by atoms with Crippen LogP contribution in [0.25, 0.3) is 0 Å². The van der Waals surface area contributed by atoms with Crippen LogP contribution in [0.5, 0.6) is 0 Å². The lowest BCUT2D eigenvalue weighted by Crippen LogP contribution is -2.24. The van der Waals surface area contributed by atoms with E-state index in [2.05, 4.69) is 10.3 Å². The number of halogens is 1. The Hall–Kier alpha value is -1.94. The van der Waals surface area contributed by atoms with Crippen molar-refractivity contribution in [2.75, 3.05) is 12.3 Å². The summed E-state index contributed by atoms with van der Waals surface area (Å²) in [6, 6.07) is 7.01. The number of anilines is 1. The summed E-state index contributed by atoms with van der Waals surface area (Å²) in [6.45, 7) is 6.59. The molecule has 2 rings (SSSR count). The van der Waals surface area contributed by atoms with Gasteiger partial charge in [0.25, 0.3) is 0 Å². The van der Waals surface area contributed by atoms with Crippen LogP contribution in [-0.4, -0.2) is 11.5 Å². The molecule has 4 heteroatoms. The molecule has 1 aromatic heterocycles. The highest BCUT2D eigenvalue weighted by Crippen LogP contribution is 2.29. The van der Waals surface area contributed by atoms with Crippen LogP contribution in [0.3, 0.4) is 0 Å². The number of aryl methyl sites for hydroxylation is 2. The van der Waals surface area contributed by atoms with Crippen molar-refractivity contribution >= 4 is 5.82 Å². The number of hydrogen-bond donors (Lipinski definition) is 2. The predicted octanol–water partition coefficient (Wildman–Crippen LogP) is 3.12. The summed E-state index contributed by atoms with van der Waals surface area (Å²) < 4.78 is 13.5. The van der Waals surface area contributed by atoms with Crippen LogP contribution in [0.15, 0.2) is 30.5 Å². The molecule has 3 N–H and O–H groups in total. The molecular formula is C16H20FN3. The van der Waals surface area contributed by atoms with Gasteiger partial charge in [0, 0.05) is 11.8 Å². The molecule has 1 unspecified atom stereocenters. The quantitative estimate of drug-likeness (QED) is 0.900. The van der Waals surface area contributed by atoms with E-state index in [0.717, 1.165) is 23.2 Å². The van der Waals surface area contributed by atoms with Crippen LogP contribution in [0, 0.1) is 19.7 Å². The number of aromatic nitrogens is 1. The van der Waals surface area contributed by atoms with Gasteiger partial charge in [0.05, 0.1) is 6.04 Å². The Labute approximate surface area is 119 Å². The van der Waals surface area contributed by atoms with Gasteiger partial charge in [-0.1, -0.05) is 19.1 Å². The highest BCUT2D eigenvalue weighted by atomic mass is 19.1. The summed E-state index contributed by atoms with van der Waals surface area (Å²) in [6.07, 6.45) is 1.70. The lowest BCUT2D eigenvalue weighted by atomic mass is 9.94. The monoisotopic (exact) mass is 273 g/mol. The molecule has 3 nitrogen and oxygen atoms in total. The van der Waals surface area contributed by atoms with E-state index in [9.17, 15) is 4.39 Å². The normalized spacial score (nSPS) is 12.4. The first-order chi connectivity index (χ1) is 9.54. The fourth-order valence-corrected chi connectivity index (χ4v) is 2.40. The number of hydrogen-bond acceptors (Lipinski definition) is 3. The molecule has 0 saturated heterocycles. The van der Waals surface area contributed by atoms with Gasteiger partial charge in [-0.25, -0.2) is 9.37 Å². The first-order valence-electron chi connectivity index (χ1n) is 6.75. The lowest BCUT2D eigenvalue weighted by Gasteiger charge is -2.22. The van der Waals surface area contributed by atoms with Crippen LogP contribution in [0.2, 0.25) is 0 Å². The van der Waals surface area contributed by atoms with Gasteiger partial charge in [-0.3, -0.25) is 0 Å². The van der Waals surface area contributed by atoms with Crippen LogP contribution >= 0.6 is 0 Å². The number of nitrogens with one attached hydrogen (secondary N) is 1. The second-order valence-corrected chi connectivity index (χ2v) is 4.93. The summed E-state index contributed by atoms with van der Waals surface area (Å²) in [5.74, 6) is 0.317. The van der Waals surface area contributed by atoms with Crippen molar-refractivity contribution in [2.24, 2.45) is 0 Å². The fourth-order valence-electron chi connectivity index (χ4n) is 2.40. The Balaban J connectivity index is 2.53. The number of benzene rings is 1. The standard InChI is InChI=1S/C16H20FN3/c1-4-19-15(12-5-6-13(17)11(3)9-12)14-10(2)7-8-20-16(14)18/h5-9,15,19H,4H2,1-3H3,(H2,18,20). The first-order valence-corrected chi connectivity index (χ1v) is 6.75. The van der Waals surface area contributed by atoms with Crippen LogP contribution in [0.1, 0.15) is 35.2 Å². The lowest BCUT2D eigenvalue weighted by molar-refractivity contribution is 0.605. The molecule has 0 radical (unpaired) electrons. The molecule has 1 aromatic carbocycles. The summed E-state index contributed by atoms with van der Waals surface area (Å²) in [7, 11) is 0. The van der Waals surface area contributed by atoms with Crippen molar-refractivity contribution in [3.05, 3.63) is 58.5 Å². The third kappa shape index (κ3) is 2.80. The molecule has 0 amide bonds. The van der Waals surface area contributed by atoms with E-state index >= 15 is 0 Å². The van der Waals surface area contributed by atoms with Gasteiger partial charge in [-0.15, -0.1) is 0 Å². The van der Waals surface area contributed by atoms with E-state index in [1.54, 1.807) is 19.2 Å². The largest absolute Gasteiger partial charge is 0.383 e. The number of pyridine rings is 1. The van der Waals surface area contributed by atoms with Gasteiger partial charge in [-0.2, -0.15) is 0 Å². The van der Waals surface area contributed by atoms with E-state index < -0.39 is 0 Å². The third-order valence-corrected chi connectivity index (χ3v) is 3.45. The Morgan fingerprint density at radius 3 is 2.60 bits per heavy atom. The smallest absolute Gasteiger partial charge is 0.128 e. The molecule has 2 aromatic rings. The molecule has 1 heterocycles. The van der Waals surface area contributed by atoms with E-state index in [1.165, 1.54) is 6.07 Å². The third-order valence-electron chi connectivity index (χ3n) is 3.45. The van der Waals surface area contributed by atoms with Crippen LogP contribution in [-0.2, 0) is 0 Å². The zero-order valence-electron chi connectivity index (χ0n) is 12.1. The average Bonchev–Trinajstić information content (AvgIpc) is 2.41. The summed E-state index contributed by atoms with van der Waals surface area (Å²) in [4.78, 5) is 4.17. The maximum absolute atomic E-state index is 13.5. The van der Waals surface area contributed by atoms with Gasteiger partial charge in [-0.05, 0) is 49.2 Å². The topological polar surface area (TPSA) is 50.9 Å². The molecule has 0 aliphatic heterocycles. The van der Waals surface area contributed by atoms with Gasteiger partial charge in [0.15, 0.2) is 0 Å². The number of rotatable bonds is 4. The summed E-state index contributed by atoms with van der Waals surface area (Å²) in [5, 5.41) is 3.40. The highest BCUT2D eigenvalue weighted by Gasteiger charge is 2.19. The molecule has 0 fully saturated rings. The summed E-state index contributed by atoms with van der Waals surface area (Å²) in [5.41, 5.74) is 9.69. The van der Waals surface area contributed by atoms with Crippen molar-refractivity contribution in [3.8, 4) is 0 Å². The van der Waals surface area contributed by atoms with Crippen molar-refractivity contribution < 1.29 is 4.39 Å². The molecule has 20 heavy (non-hydrogen) atoms. The Kier molecular flexibility index (Phi) is 4.35. The molecule has 106 valence electrons. The van der Waals surface area contributed by atoms with E-state index in [0.29, 0.717) is 11.4 Å². The predicted molar refractivity (Wildman–Crippen MR) is 80.0 cm³/mol. The number of nitrogen functional groups attached to an aromatic ring is 1. The number of nitrogens with two attached hydrogens (primary N) is 1. The van der Waals surface area contributed by atoms with E-state index in [1.807, 2.05) is 26.0 Å². The Bertz CT molecular complexity index is 590. The molecule has 0 aliphatic rings. The molecule has 0 bridgehead atoms. The molecule has 1 atom stereocenters. The van der Waals surface area contributed by atoms with Crippen LogP contribution < -0.4 is 11.1 Å². The van der Waals surface area contributed by atoms with E-state index in [-0.39, 0.29) is 11.9 Å². The maximum atomic E-state index is 13.5. The van der Waals surface area contributed by atoms with Gasteiger partial charge >= 0.3 is 0 Å². The minimum Gasteiger partial charge on any atom is -0.383 e. The maximum Gasteiger partial charge on any atom is 0.128 e. The first kappa shape index (κ1) is 14.5. The van der Waals surface area contributed by atoms with Gasteiger partial charge < -0.3 is 11.1 Å². The Morgan fingerprint density at radius 1 is 1.25 bits per heavy atom. The summed E-state index contributed by atoms with van der Waals surface area (Å²) >= 11 is 0. The molecular weight excluding hydrogens is 253 g/mol. The molecule has 0 spiro atoms. The minimum absolute atomic E-state index is 0.0759. The van der Waals surface area contributed by atoms with Crippen LogP contribution in [0.4, 0.5) is 10.2 Å². The van der Waals surface area contributed by atoms with Crippen molar-refractivity contribution in [3.63, 3.8) is 0 Å². The number of nitrogens with zero attached hydrogens (tertiary/aromatic N) is 1.